The van der Waals surface area contributed by atoms with E-state index in [0.29, 0.717) is 0 Å². The van der Waals surface area contributed by atoms with Crippen molar-refractivity contribution in [2.75, 3.05) is 7.05 Å². The number of hydrogen-bond donors (Lipinski definition) is 1. The highest BCUT2D eigenvalue weighted by Gasteiger charge is 2.61. The van der Waals surface area contributed by atoms with E-state index in [0.717, 1.165) is 0 Å². The van der Waals surface area contributed by atoms with Crippen molar-refractivity contribution < 1.29 is 28.5 Å². The normalized spacial score (nSPS) is 44.8. The zero-order valence-corrected chi connectivity index (χ0v) is 12.3. The molecule has 0 aromatic heterocycles. The Kier molecular flexibility index (Phi) is 3.11. The first-order chi connectivity index (χ1) is 9.22. The molecule has 3 fully saturated rings. The van der Waals surface area contributed by atoms with Crippen LogP contribution in [0.15, 0.2) is 0 Å². The maximum atomic E-state index is 12.0. The van der Waals surface area contributed by atoms with Crippen molar-refractivity contribution in [1.29, 1.82) is 0 Å². The van der Waals surface area contributed by atoms with Crippen molar-refractivity contribution in [2.24, 2.45) is 0 Å². The minimum Gasteiger partial charge on any atom is -0.357 e. The molecule has 5 atom stereocenters. The molecule has 3 saturated heterocycles. The largest absolute Gasteiger partial charge is 0.357 e. The second kappa shape index (κ2) is 4.38. The van der Waals surface area contributed by atoms with Gasteiger partial charge in [-0.25, -0.2) is 0 Å². The number of likely N-dealkylation sites (N-methyl/N-ethyl adjacent to an activating group) is 1. The SMILES string of the molecule is CNC(=O)[C@@H]1O[C@@H]2OC(C)(C)O[C@@H]2[C@@H]2OC(C)(C)O[C@H]21. The van der Waals surface area contributed by atoms with E-state index in [1.165, 1.54) is 0 Å². The van der Waals surface area contributed by atoms with E-state index in [1.54, 1.807) is 20.9 Å². The van der Waals surface area contributed by atoms with Gasteiger partial charge >= 0.3 is 0 Å². The third-order valence-corrected chi connectivity index (χ3v) is 3.66. The van der Waals surface area contributed by atoms with Crippen LogP contribution in [0, 0.1) is 0 Å². The fourth-order valence-corrected chi connectivity index (χ4v) is 2.97. The van der Waals surface area contributed by atoms with Crippen molar-refractivity contribution in [2.45, 2.75) is 70.0 Å². The van der Waals surface area contributed by atoms with Crippen LogP contribution in [-0.4, -0.2) is 55.2 Å². The molecule has 0 radical (unpaired) electrons. The zero-order chi connectivity index (χ0) is 14.7. The Hall–Kier alpha value is -0.730. The van der Waals surface area contributed by atoms with Crippen molar-refractivity contribution >= 4 is 5.91 Å². The molecule has 0 aromatic carbocycles. The van der Waals surface area contributed by atoms with Gasteiger partial charge in [-0.15, -0.1) is 0 Å². The van der Waals surface area contributed by atoms with Crippen LogP contribution in [-0.2, 0) is 28.5 Å². The van der Waals surface area contributed by atoms with Crippen molar-refractivity contribution in [3.8, 4) is 0 Å². The maximum absolute atomic E-state index is 12.0. The molecule has 7 heteroatoms. The Morgan fingerprint density at radius 1 is 0.900 bits per heavy atom. The molecule has 3 aliphatic rings. The molecule has 1 amide bonds. The number of hydrogen-bond acceptors (Lipinski definition) is 6. The van der Waals surface area contributed by atoms with Crippen LogP contribution >= 0.6 is 0 Å². The average Bonchev–Trinajstić information content (AvgIpc) is 2.81. The van der Waals surface area contributed by atoms with Crippen LogP contribution in [0.2, 0.25) is 0 Å². The van der Waals surface area contributed by atoms with Crippen molar-refractivity contribution in [3.63, 3.8) is 0 Å². The molecule has 0 saturated carbocycles. The van der Waals surface area contributed by atoms with Crippen LogP contribution in [0.25, 0.3) is 0 Å². The number of rotatable bonds is 1. The van der Waals surface area contributed by atoms with Gasteiger partial charge in [0.2, 0.25) is 0 Å². The van der Waals surface area contributed by atoms with E-state index in [9.17, 15) is 4.79 Å². The van der Waals surface area contributed by atoms with Gasteiger partial charge in [0.1, 0.15) is 18.3 Å². The Labute approximate surface area is 117 Å². The summed E-state index contributed by atoms with van der Waals surface area (Å²) < 4.78 is 29.0. The van der Waals surface area contributed by atoms with Crippen molar-refractivity contribution in [1.82, 2.24) is 5.32 Å². The molecular weight excluding hydrogens is 266 g/mol. The molecule has 0 bridgehead atoms. The summed E-state index contributed by atoms with van der Waals surface area (Å²) in [5, 5.41) is 2.58. The van der Waals surface area contributed by atoms with Gasteiger partial charge in [-0.1, -0.05) is 0 Å². The minimum absolute atomic E-state index is 0.256. The molecule has 7 nitrogen and oxygen atoms in total. The second-order valence-electron chi connectivity index (χ2n) is 6.20. The summed E-state index contributed by atoms with van der Waals surface area (Å²) in [4.78, 5) is 12.0. The van der Waals surface area contributed by atoms with E-state index in [-0.39, 0.29) is 5.91 Å². The van der Waals surface area contributed by atoms with Gasteiger partial charge in [0, 0.05) is 7.05 Å². The van der Waals surface area contributed by atoms with Crippen molar-refractivity contribution in [3.05, 3.63) is 0 Å². The highest BCUT2D eigenvalue weighted by atomic mass is 16.9. The highest BCUT2D eigenvalue weighted by Crippen LogP contribution is 2.44. The molecular formula is C13H21NO6. The van der Waals surface area contributed by atoms with Crippen LogP contribution in [0.5, 0.6) is 0 Å². The van der Waals surface area contributed by atoms with E-state index in [1.807, 2.05) is 13.8 Å². The van der Waals surface area contributed by atoms with Gasteiger partial charge in [-0.05, 0) is 27.7 Å². The fraction of sp³-hybridized carbons (Fsp3) is 0.923. The molecule has 114 valence electrons. The van der Waals surface area contributed by atoms with Gasteiger partial charge < -0.3 is 29.0 Å². The first-order valence-electron chi connectivity index (χ1n) is 6.81. The highest BCUT2D eigenvalue weighted by molar-refractivity contribution is 5.81. The minimum atomic E-state index is -0.782. The summed E-state index contributed by atoms with van der Waals surface area (Å²) in [6, 6.07) is 0. The fourth-order valence-electron chi connectivity index (χ4n) is 2.97. The molecule has 0 spiro atoms. The summed E-state index contributed by atoms with van der Waals surface area (Å²) >= 11 is 0. The molecule has 3 rings (SSSR count). The quantitative estimate of drug-likeness (QED) is 0.739. The van der Waals surface area contributed by atoms with Gasteiger partial charge in [0.15, 0.2) is 24.0 Å². The van der Waals surface area contributed by atoms with Crippen LogP contribution in [0.3, 0.4) is 0 Å². The number of amides is 1. The van der Waals surface area contributed by atoms with E-state index in [4.69, 9.17) is 23.7 Å². The van der Waals surface area contributed by atoms with E-state index < -0.39 is 42.3 Å². The van der Waals surface area contributed by atoms with E-state index >= 15 is 0 Å². The summed E-state index contributed by atoms with van der Waals surface area (Å²) in [5.74, 6) is -1.81. The summed E-state index contributed by atoms with van der Waals surface area (Å²) in [6.45, 7) is 7.23. The van der Waals surface area contributed by atoms with Crippen LogP contribution < -0.4 is 5.32 Å². The first-order valence-corrected chi connectivity index (χ1v) is 6.81. The van der Waals surface area contributed by atoms with Crippen LogP contribution in [0.1, 0.15) is 27.7 Å². The lowest BCUT2D eigenvalue weighted by molar-refractivity contribution is -0.231. The predicted octanol–water partition coefficient (Wildman–Crippen LogP) is 0.129. The number of nitrogens with one attached hydrogen (secondary N) is 1. The summed E-state index contributed by atoms with van der Waals surface area (Å²) in [5.41, 5.74) is 0. The first kappa shape index (κ1) is 14.2. The van der Waals surface area contributed by atoms with Crippen LogP contribution in [0.4, 0.5) is 0 Å². The zero-order valence-electron chi connectivity index (χ0n) is 12.3. The maximum Gasteiger partial charge on any atom is 0.251 e. The molecule has 0 aliphatic carbocycles. The second-order valence-corrected chi connectivity index (χ2v) is 6.20. The topological polar surface area (TPSA) is 75.3 Å². The number of carbonyl (C=O) groups is 1. The summed E-state index contributed by atoms with van der Waals surface area (Å²) in [6.07, 6.45) is -2.72. The number of ether oxygens (including phenoxy) is 5. The third-order valence-electron chi connectivity index (χ3n) is 3.66. The molecule has 1 N–H and O–H groups in total. The van der Waals surface area contributed by atoms with E-state index in [2.05, 4.69) is 5.32 Å². The Morgan fingerprint density at radius 2 is 1.45 bits per heavy atom. The lowest BCUT2D eigenvalue weighted by Gasteiger charge is -2.36. The Balaban J connectivity index is 1.90. The van der Waals surface area contributed by atoms with Gasteiger partial charge in [-0.3, -0.25) is 4.79 Å². The number of fused-ring (bicyclic) bond motifs is 3. The molecule has 3 aliphatic heterocycles. The van der Waals surface area contributed by atoms with Gasteiger partial charge in [0.25, 0.3) is 5.91 Å². The average molecular weight is 287 g/mol. The monoisotopic (exact) mass is 287 g/mol. The molecule has 3 heterocycles. The molecule has 0 aromatic rings. The van der Waals surface area contributed by atoms with Gasteiger partial charge in [-0.2, -0.15) is 0 Å². The lowest BCUT2D eigenvalue weighted by atomic mass is 9.98. The Morgan fingerprint density at radius 3 is 2.10 bits per heavy atom. The number of carbonyl (C=O) groups excluding carboxylic acids is 1. The summed E-state index contributed by atoms with van der Waals surface area (Å²) in [7, 11) is 1.56. The standard InChI is InChI=1S/C13H21NO6/c1-12(2)17-6-7(18-12)9-11(20-13(3,4)19-9)16-8(6)10(15)14-5/h6-9,11H,1-5H3,(H,14,15)/t6-,7-,8-,9-,11-/m1/s1. The lowest BCUT2D eigenvalue weighted by Crippen LogP contribution is -2.59. The van der Waals surface area contributed by atoms with Gasteiger partial charge in [0.05, 0.1) is 0 Å². The predicted molar refractivity (Wildman–Crippen MR) is 66.6 cm³/mol. The molecule has 0 unspecified atom stereocenters. The molecule has 20 heavy (non-hydrogen) atoms. The smallest absolute Gasteiger partial charge is 0.251 e. The third kappa shape index (κ3) is 2.23. The Bertz CT molecular complexity index is 423.